The van der Waals surface area contributed by atoms with E-state index in [-0.39, 0.29) is 13.0 Å². The van der Waals surface area contributed by atoms with E-state index >= 15 is 0 Å². The fourth-order valence-electron chi connectivity index (χ4n) is 2.15. The Morgan fingerprint density at radius 3 is 2.76 bits per heavy atom. The molecule has 0 aromatic rings. The number of rotatable bonds is 8. The number of unbranched alkanes of at least 4 members (excludes halogenated alkanes) is 1. The van der Waals surface area contributed by atoms with Gasteiger partial charge in [0.1, 0.15) is 0 Å². The van der Waals surface area contributed by atoms with Gasteiger partial charge >= 0.3 is 5.97 Å². The molecule has 0 saturated carbocycles. The van der Waals surface area contributed by atoms with E-state index in [1.807, 2.05) is 0 Å². The first kappa shape index (κ1) is 14.2. The van der Waals surface area contributed by atoms with Crippen LogP contribution in [0.15, 0.2) is 12.2 Å². The number of aliphatic hydroxyl groups is 1. The van der Waals surface area contributed by atoms with Crippen LogP contribution in [0.4, 0.5) is 0 Å². The van der Waals surface area contributed by atoms with Crippen LogP contribution in [-0.2, 0) is 9.53 Å². The van der Waals surface area contributed by atoms with Crippen molar-refractivity contribution in [2.75, 3.05) is 19.8 Å². The third kappa shape index (κ3) is 5.84. The average molecular weight is 242 g/mol. The zero-order chi connectivity index (χ0) is 12.5. The van der Waals surface area contributed by atoms with Gasteiger partial charge in [0.2, 0.25) is 0 Å². The van der Waals surface area contributed by atoms with Crippen LogP contribution in [0, 0.1) is 11.8 Å². The summed E-state index contributed by atoms with van der Waals surface area (Å²) in [5.74, 6) is 0.257. The van der Waals surface area contributed by atoms with Crippen LogP contribution in [-0.4, -0.2) is 36.0 Å². The maximum Gasteiger partial charge on any atom is 0.303 e. The molecule has 1 aliphatic rings. The van der Waals surface area contributed by atoms with Crippen LogP contribution >= 0.6 is 0 Å². The first-order valence-electron chi connectivity index (χ1n) is 6.29. The van der Waals surface area contributed by atoms with Gasteiger partial charge < -0.3 is 14.9 Å². The van der Waals surface area contributed by atoms with Crippen molar-refractivity contribution in [1.82, 2.24) is 0 Å². The highest BCUT2D eigenvalue weighted by atomic mass is 16.5. The maximum atomic E-state index is 10.3. The number of allylic oxidation sites excluding steroid dienone is 2. The minimum Gasteiger partial charge on any atom is -0.481 e. The number of carboxylic acids is 1. The Bertz CT molecular complexity index is 250. The third-order valence-electron chi connectivity index (χ3n) is 3.20. The van der Waals surface area contributed by atoms with Gasteiger partial charge in [0.25, 0.3) is 0 Å². The van der Waals surface area contributed by atoms with Crippen molar-refractivity contribution in [2.24, 2.45) is 11.8 Å². The zero-order valence-corrected chi connectivity index (χ0v) is 10.2. The second kappa shape index (κ2) is 8.25. The summed E-state index contributed by atoms with van der Waals surface area (Å²) >= 11 is 0. The fraction of sp³-hybridized carbons (Fsp3) is 0.769. The topological polar surface area (TPSA) is 66.8 Å². The molecule has 1 saturated heterocycles. The lowest BCUT2D eigenvalue weighted by atomic mass is 9.90. The number of aliphatic hydroxyl groups excluding tert-OH is 1. The van der Waals surface area contributed by atoms with Gasteiger partial charge in [-0.2, -0.15) is 0 Å². The number of aliphatic carboxylic acids is 1. The number of hydrogen-bond donors (Lipinski definition) is 2. The summed E-state index contributed by atoms with van der Waals surface area (Å²) in [7, 11) is 0. The molecule has 0 aromatic carbocycles. The predicted molar refractivity (Wildman–Crippen MR) is 64.7 cm³/mol. The molecule has 4 heteroatoms. The lowest BCUT2D eigenvalue weighted by Crippen LogP contribution is -2.13. The van der Waals surface area contributed by atoms with Crippen molar-refractivity contribution in [3.8, 4) is 0 Å². The van der Waals surface area contributed by atoms with Crippen molar-refractivity contribution in [3.63, 3.8) is 0 Å². The minimum atomic E-state index is -0.731. The van der Waals surface area contributed by atoms with Crippen molar-refractivity contribution < 1.29 is 19.7 Å². The summed E-state index contributed by atoms with van der Waals surface area (Å²) in [6.45, 7) is 1.77. The van der Waals surface area contributed by atoms with Crippen LogP contribution in [0.3, 0.4) is 0 Å². The molecule has 2 N–H and O–H groups in total. The molecule has 0 amide bonds. The molecule has 0 bridgehead atoms. The predicted octanol–water partition coefficient (Wildman–Crippen LogP) is 1.83. The molecule has 2 atom stereocenters. The van der Waals surface area contributed by atoms with Gasteiger partial charge in [0.05, 0.1) is 6.61 Å². The lowest BCUT2D eigenvalue weighted by molar-refractivity contribution is -0.137. The average Bonchev–Trinajstić information content (AvgIpc) is 2.71. The second-order valence-corrected chi connectivity index (χ2v) is 4.56. The quantitative estimate of drug-likeness (QED) is 0.503. The first-order valence-corrected chi connectivity index (χ1v) is 6.29. The van der Waals surface area contributed by atoms with Gasteiger partial charge in [-0.3, -0.25) is 4.79 Å². The molecule has 98 valence electrons. The van der Waals surface area contributed by atoms with Crippen LogP contribution in [0.5, 0.6) is 0 Å². The minimum absolute atomic E-state index is 0.229. The van der Waals surface area contributed by atoms with Gasteiger partial charge in [-0.25, -0.2) is 0 Å². The normalized spacial score (nSPS) is 24.5. The van der Waals surface area contributed by atoms with E-state index in [0.717, 1.165) is 32.5 Å². The van der Waals surface area contributed by atoms with Gasteiger partial charge in [-0.15, -0.1) is 0 Å². The van der Waals surface area contributed by atoms with E-state index in [0.29, 0.717) is 18.3 Å². The SMILES string of the molecule is O=C(O)CCC/C=C\C[C@H]1COC[C@H]1CCO. The van der Waals surface area contributed by atoms with E-state index in [9.17, 15) is 4.79 Å². The van der Waals surface area contributed by atoms with Crippen molar-refractivity contribution >= 4 is 5.97 Å². The molecule has 17 heavy (non-hydrogen) atoms. The molecule has 1 rings (SSSR count). The summed E-state index contributed by atoms with van der Waals surface area (Å²) in [4.78, 5) is 10.3. The first-order chi connectivity index (χ1) is 8.24. The molecular formula is C13H22O4. The zero-order valence-electron chi connectivity index (χ0n) is 10.2. The summed E-state index contributed by atoms with van der Waals surface area (Å²) in [6, 6.07) is 0. The van der Waals surface area contributed by atoms with Gasteiger partial charge in [-0.1, -0.05) is 12.2 Å². The van der Waals surface area contributed by atoms with Crippen LogP contribution in [0.25, 0.3) is 0 Å². The number of carbonyl (C=O) groups is 1. The Labute approximate surface area is 102 Å². The van der Waals surface area contributed by atoms with E-state index in [1.54, 1.807) is 0 Å². The molecular weight excluding hydrogens is 220 g/mol. The summed E-state index contributed by atoms with van der Waals surface area (Å²) in [6.07, 6.45) is 7.72. The Balaban J connectivity index is 2.12. The highest BCUT2D eigenvalue weighted by Crippen LogP contribution is 2.26. The van der Waals surface area contributed by atoms with Gasteiger partial charge in [0.15, 0.2) is 0 Å². The molecule has 0 spiro atoms. The number of carboxylic acid groups (broad SMARTS) is 1. The van der Waals surface area contributed by atoms with Crippen molar-refractivity contribution in [2.45, 2.75) is 32.1 Å². The second-order valence-electron chi connectivity index (χ2n) is 4.56. The molecule has 4 nitrogen and oxygen atoms in total. The van der Waals surface area contributed by atoms with Crippen LogP contribution in [0.1, 0.15) is 32.1 Å². The smallest absolute Gasteiger partial charge is 0.303 e. The molecule has 0 radical (unpaired) electrons. The summed E-state index contributed by atoms with van der Waals surface area (Å²) in [5.41, 5.74) is 0. The summed E-state index contributed by atoms with van der Waals surface area (Å²) in [5, 5.41) is 17.4. The van der Waals surface area contributed by atoms with Crippen LogP contribution in [0.2, 0.25) is 0 Å². The van der Waals surface area contributed by atoms with E-state index in [1.165, 1.54) is 0 Å². The highest BCUT2D eigenvalue weighted by molar-refractivity contribution is 5.66. The Morgan fingerprint density at radius 1 is 1.29 bits per heavy atom. The van der Waals surface area contributed by atoms with Gasteiger partial charge in [0, 0.05) is 19.6 Å². The standard InChI is InChI=1S/C13H22O4/c14-8-7-12-10-17-9-11(12)5-3-1-2-4-6-13(15)16/h1,3,11-12,14H,2,4-10H2,(H,15,16)/b3-1-/t11-,12+/m0/s1. The molecule has 0 aliphatic carbocycles. The molecule has 1 fully saturated rings. The third-order valence-corrected chi connectivity index (χ3v) is 3.20. The van der Waals surface area contributed by atoms with Crippen LogP contribution < -0.4 is 0 Å². The lowest BCUT2D eigenvalue weighted by Gasteiger charge is -2.13. The van der Waals surface area contributed by atoms with E-state index < -0.39 is 5.97 Å². The molecule has 0 unspecified atom stereocenters. The Hall–Kier alpha value is -0.870. The molecule has 1 aliphatic heterocycles. The van der Waals surface area contributed by atoms with Crippen molar-refractivity contribution in [3.05, 3.63) is 12.2 Å². The maximum absolute atomic E-state index is 10.3. The summed E-state index contributed by atoms with van der Waals surface area (Å²) < 4.78 is 5.41. The molecule has 1 heterocycles. The number of ether oxygens (including phenoxy) is 1. The monoisotopic (exact) mass is 242 g/mol. The van der Waals surface area contributed by atoms with E-state index in [2.05, 4.69) is 12.2 Å². The van der Waals surface area contributed by atoms with Gasteiger partial charge in [-0.05, 0) is 37.5 Å². The Kier molecular flexibility index (Phi) is 6.89. The van der Waals surface area contributed by atoms with Crippen molar-refractivity contribution in [1.29, 1.82) is 0 Å². The van der Waals surface area contributed by atoms with E-state index in [4.69, 9.17) is 14.9 Å². The Morgan fingerprint density at radius 2 is 2.06 bits per heavy atom. The highest BCUT2D eigenvalue weighted by Gasteiger charge is 2.26. The fourth-order valence-corrected chi connectivity index (χ4v) is 2.15. The number of hydrogen-bond acceptors (Lipinski definition) is 3. The largest absolute Gasteiger partial charge is 0.481 e. The molecule has 0 aromatic heterocycles.